The molecule has 1 rings (SSSR count). The minimum absolute atomic E-state index is 0.411. The lowest BCUT2D eigenvalue weighted by atomic mass is 9.98. The van der Waals surface area contributed by atoms with Gasteiger partial charge in [-0.2, -0.15) is 0 Å². The summed E-state index contributed by atoms with van der Waals surface area (Å²) in [4.78, 5) is 0. The van der Waals surface area contributed by atoms with Gasteiger partial charge in [-0.15, -0.1) is 0 Å². The van der Waals surface area contributed by atoms with E-state index in [9.17, 15) is 0 Å². The van der Waals surface area contributed by atoms with Crippen LogP contribution in [0, 0.1) is 5.92 Å². The molecule has 1 fully saturated rings. The maximum Gasteiger partial charge on any atom is 0.0700 e. The number of hydrogen-bond acceptors (Lipinski definition) is 2. The molecule has 0 aromatic rings. The summed E-state index contributed by atoms with van der Waals surface area (Å²) in [5.41, 5.74) is 0. The van der Waals surface area contributed by atoms with E-state index in [1.165, 1.54) is 38.6 Å². The van der Waals surface area contributed by atoms with Crippen molar-refractivity contribution in [1.29, 1.82) is 0 Å². The van der Waals surface area contributed by atoms with Crippen LogP contribution >= 0.6 is 0 Å². The van der Waals surface area contributed by atoms with Crippen molar-refractivity contribution in [1.82, 2.24) is 5.32 Å². The van der Waals surface area contributed by atoms with Gasteiger partial charge in [0, 0.05) is 12.6 Å². The lowest BCUT2D eigenvalue weighted by molar-refractivity contribution is 0.112. The molecular weight excluding hydrogens is 186 g/mol. The van der Waals surface area contributed by atoms with E-state index in [1.54, 1.807) is 0 Å². The summed E-state index contributed by atoms with van der Waals surface area (Å²) in [6.07, 6.45) is 6.97. The standard InChI is InChI=1S/C13H27NO/c1-4-6-7-12(5-2)10-14-13-8-9-15-11(13)3/h11-14H,4-10H2,1-3H3/t11-,12-,13+/m0/s1. The smallest absolute Gasteiger partial charge is 0.0700 e. The SMILES string of the molecule is CCCC[C@H](CC)CN[C@@H]1CCO[C@H]1C. The molecule has 1 aliphatic heterocycles. The normalized spacial score (nSPS) is 28.2. The van der Waals surface area contributed by atoms with Crippen LogP contribution < -0.4 is 5.32 Å². The second kappa shape index (κ2) is 7.24. The van der Waals surface area contributed by atoms with Crippen LogP contribution in [0.2, 0.25) is 0 Å². The molecule has 90 valence electrons. The van der Waals surface area contributed by atoms with Crippen LogP contribution in [0.5, 0.6) is 0 Å². The molecule has 0 bridgehead atoms. The van der Waals surface area contributed by atoms with E-state index >= 15 is 0 Å². The highest BCUT2D eigenvalue weighted by Gasteiger charge is 2.23. The quantitative estimate of drug-likeness (QED) is 0.702. The van der Waals surface area contributed by atoms with Crippen molar-refractivity contribution in [3.05, 3.63) is 0 Å². The zero-order valence-electron chi connectivity index (χ0n) is 10.6. The van der Waals surface area contributed by atoms with Gasteiger partial charge in [-0.3, -0.25) is 0 Å². The lowest BCUT2D eigenvalue weighted by Crippen LogP contribution is -2.37. The van der Waals surface area contributed by atoms with E-state index in [0.717, 1.165) is 12.5 Å². The van der Waals surface area contributed by atoms with Crippen LogP contribution in [0.3, 0.4) is 0 Å². The molecule has 1 saturated heterocycles. The number of ether oxygens (including phenoxy) is 1. The van der Waals surface area contributed by atoms with Crippen LogP contribution in [-0.4, -0.2) is 25.3 Å². The molecule has 15 heavy (non-hydrogen) atoms. The second-order valence-electron chi connectivity index (χ2n) is 4.80. The highest BCUT2D eigenvalue weighted by molar-refractivity contribution is 4.79. The van der Waals surface area contributed by atoms with Gasteiger partial charge in [-0.1, -0.05) is 33.1 Å². The molecule has 0 unspecified atom stereocenters. The minimum Gasteiger partial charge on any atom is -0.377 e. The molecular formula is C13H27NO. The first-order chi connectivity index (χ1) is 7.27. The Morgan fingerprint density at radius 3 is 2.73 bits per heavy atom. The van der Waals surface area contributed by atoms with E-state index in [4.69, 9.17) is 4.74 Å². The van der Waals surface area contributed by atoms with Gasteiger partial charge < -0.3 is 10.1 Å². The summed E-state index contributed by atoms with van der Waals surface area (Å²) in [6.45, 7) is 8.86. The van der Waals surface area contributed by atoms with E-state index in [2.05, 4.69) is 26.1 Å². The average molecular weight is 213 g/mol. The van der Waals surface area contributed by atoms with Crippen molar-refractivity contribution in [3.8, 4) is 0 Å². The Morgan fingerprint density at radius 1 is 1.40 bits per heavy atom. The van der Waals surface area contributed by atoms with Crippen molar-refractivity contribution < 1.29 is 4.74 Å². The fourth-order valence-corrected chi connectivity index (χ4v) is 2.26. The van der Waals surface area contributed by atoms with E-state index in [0.29, 0.717) is 12.1 Å². The van der Waals surface area contributed by atoms with Crippen LogP contribution in [0.4, 0.5) is 0 Å². The molecule has 1 heterocycles. The molecule has 2 heteroatoms. The number of rotatable bonds is 7. The van der Waals surface area contributed by atoms with E-state index in [1.807, 2.05) is 0 Å². The Kier molecular flexibility index (Phi) is 6.26. The molecule has 1 aliphatic rings. The predicted octanol–water partition coefficient (Wildman–Crippen LogP) is 2.97. The monoisotopic (exact) mass is 213 g/mol. The third-order valence-corrected chi connectivity index (χ3v) is 3.59. The van der Waals surface area contributed by atoms with Crippen molar-refractivity contribution in [2.45, 2.75) is 65.0 Å². The van der Waals surface area contributed by atoms with E-state index < -0.39 is 0 Å². The minimum atomic E-state index is 0.411. The molecule has 0 saturated carbocycles. The van der Waals surface area contributed by atoms with Crippen molar-refractivity contribution in [3.63, 3.8) is 0 Å². The Balaban J connectivity index is 2.15. The second-order valence-corrected chi connectivity index (χ2v) is 4.80. The number of hydrogen-bond donors (Lipinski definition) is 1. The zero-order chi connectivity index (χ0) is 11.1. The van der Waals surface area contributed by atoms with Crippen molar-refractivity contribution in [2.24, 2.45) is 5.92 Å². The van der Waals surface area contributed by atoms with Crippen LogP contribution in [0.1, 0.15) is 52.9 Å². The molecule has 3 atom stereocenters. The summed E-state index contributed by atoms with van der Waals surface area (Å²) < 4.78 is 5.55. The Morgan fingerprint density at radius 2 is 2.20 bits per heavy atom. The Bertz CT molecular complexity index is 161. The van der Waals surface area contributed by atoms with Crippen LogP contribution in [-0.2, 0) is 4.74 Å². The van der Waals surface area contributed by atoms with Crippen molar-refractivity contribution >= 4 is 0 Å². The Hall–Kier alpha value is -0.0800. The van der Waals surface area contributed by atoms with Crippen LogP contribution in [0.15, 0.2) is 0 Å². The highest BCUT2D eigenvalue weighted by atomic mass is 16.5. The molecule has 0 aromatic heterocycles. The molecule has 1 N–H and O–H groups in total. The summed E-state index contributed by atoms with van der Waals surface area (Å²) in [6, 6.07) is 0.598. The van der Waals surface area contributed by atoms with Gasteiger partial charge in [0.15, 0.2) is 0 Å². The number of nitrogens with one attached hydrogen (secondary N) is 1. The third kappa shape index (κ3) is 4.52. The van der Waals surface area contributed by atoms with Crippen molar-refractivity contribution in [2.75, 3.05) is 13.2 Å². The summed E-state index contributed by atoms with van der Waals surface area (Å²) in [5.74, 6) is 0.859. The fraction of sp³-hybridized carbons (Fsp3) is 1.00. The summed E-state index contributed by atoms with van der Waals surface area (Å²) in [5, 5.41) is 3.67. The van der Waals surface area contributed by atoms with Gasteiger partial charge in [0.1, 0.15) is 0 Å². The van der Waals surface area contributed by atoms with Gasteiger partial charge in [-0.05, 0) is 32.2 Å². The molecule has 2 nitrogen and oxygen atoms in total. The summed E-state index contributed by atoms with van der Waals surface area (Å²) >= 11 is 0. The molecule has 0 spiro atoms. The van der Waals surface area contributed by atoms with E-state index in [-0.39, 0.29) is 0 Å². The molecule has 0 amide bonds. The summed E-state index contributed by atoms with van der Waals surface area (Å²) in [7, 11) is 0. The third-order valence-electron chi connectivity index (χ3n) is 3.59. The largest absolute Gasteiger partial charge is 0.377 e. The zero-order valence-corrected chi connectivity index (χ0v) is 10.6. The number of unbranched alkanes of at least 4 members (excludes halogenated alkanes) is 1. The van der Waals surface area contributed by atoms with Gasteiger partial charge in [0.05, 0.1) is 6.10 Å². The molecule has 0 aliphatic carbocycles. The first-order valence-corrected chi connectivity index (χ1v) is 6.62. The fourth-order valence-electron chi connectivity index (χ4n) is 2.26. The molecule has 0 radical (unpaired) electrons. The maximum atomic E-state index is 5.55. The maximum absolute atomic E-state index is 5.55. The van der Waals surface area contributed by atoms with Gasteiger partial charge in [0.25, 0.3) is 0 Å². The first-order valence-electron chi connectivity index (χ1n) is 6.62. The lowest BCUT2D eigenvalue weighted by Gasteiger charge is -2.20. The topological polar surface area (TPSA) is 21.3 Å². The van der Waals surface area contributed by atoms with Gasteiger partial charge >= 0.3 is 0 Å². The van der Waals surface area contributed by atoms with Gasteiger partial charge in [-0.25, -0.2) is 0 Å². The van der Waals surface area contributed by atoms with Gasteiger partial charge in [0.2, 0.25) is 0 Å². The highest BCUT2D eigenvalue weighted by Crippen LogP contribution is 2.15. The van der Waals surface area contributed by atoms with Crippen LogP contribution in [0.25, 0.3) is 0 Å². The average Bonchev–Trinajstić information content (AvgIpc) is 2.65. The first kappa shape index (κ1) is 13.0. The molecule has 0 aromatic carbocycles. The predicted molar refractivity (Wildman–Crippen MR) is 65.1 cm³/mol. The Labute approximate surface area is 94.8 Å².